The molecule has 0 unspecified atom stereocenters. The highest BCUT2D eigenvalue weighted by atomic mass is 79.9. The third-order valence-electron chi connectivity index (χ3n) is 1.35. The third kappa shape index (κ3) is 1.61. The van der Waals surface area contributed by atoms with Crippen molar-refractivity contribution < 1.29 is 9.47 Å². The first kappa shape index (κ1) is 7.67. The highest BCUT2D eigenvalue weighted by molar-refractivity contribution is 9.11. The number of nitrogens with zero attached hydrogens (tertiary/aromatic N) is 1. The molecule has 0 radical (unpaired) electrons. The van der Waals surface area contributed by atoms with Gasteiger partial charge in [0.15, 0.2) is 10.2 Å². The lowest BCUT2D eigenvalue weighted by Gasteiger charge is -2.03. The van der Waals surface area contributed by atoms with Crippen LogP contribution in [0.25, 0.3) is 0 Å². The second-order valence-electron chi connectivity index (χ2n) is 2.09. The topological polar surface area (TPSA) is 31.4 Å². The van der Waals surface area contributed by atoms with Gasteiger partial charge in [-0.2, -0.15) is 0 Å². The van der Waals surface area contributed by atoms with Gasteiger partial charge in [0, 0.05) is 6.20 Å². The molecule has 0 saturated carbocycles. The predicted octanol–water partition coefficient (Wildman–Crippen LogP) is 1.95. The lowest BCUT2D eigenvalue weighted by atomic mass is 10.5. The van der Waals surface area contributed by atoms with Crippen molar-refractivity contribution in [2.45, 2.75) is 6.29 Å². The fraction of sp³-hybridized carbons (Fsp3) is 0.500. The van der Waals surface area contributed by atoms with Crippen LogP contribution in [-0.4, -0.2) is 18.2 Å². The van der Waals surface area contributed by atoms with Gasteiger partial charge in [-0.05, 0) is 15.9 Å². The summed E-state index contributed by atoms with van der Waals surface area (Å²) in [4.78, 5) is 5.06. The van der Waals surface area contributed by atoms with Crippen molar-refractivity contribution in [3.8, 4) is 0 Å². The highest BCUT2D eigenvalue weighted by Crippen LogP contribution is 2.29. The van der Waals surface area contributed by atoms with Crippen LogP contribution in [0.5, 0.6) is 0 Å². The molecule has 0 amide bonds. The zero-order chi connectivity index (χ0) is 7.68. The Morgan fingerprint density at radius 2 is 2.27 bits per heavy atom. The molecular weight excluding hydrogens is 230 g/mol. The Bertz CT molecular complexity index is 246. The SMILES string of the molecule is Brc1ncc(C2OCCO2)s1. The minimum atomic E-state index is -0.182. The fourth-order valence-electron chi connectivity index (χ4n) is 0.896. The lowest BCUT2D eigenvalue weighted by molar-refractivity contribution is -0.0414. The molecule has 1 aromatic heterocycles. The van der Waals surface area contributed by atoms with Gasteiger partial charge in [-0.15, -0.1) is 11.3 Å². The van der Waals surface area contributed by atoms with Crippen LogP contribution in [0.4, 0.5) is 0 Å². The number of thiazole rings is 1. The van der Waals surface area contributed by atoms with Crippen molar-refractivity contribution >= 4 is 27.3 Å². The summed E-state index contributed by atoms with van der Waals surface area (Å²) in [6, 6.07) is 0. The lowest BCUT2D eigenvalue weighted by Crippen LogP contribution is -1.93. The average molecular weight is 236 g/mol. The van der Waals surface area contributed by atoms with E-state index in [0.29, 0.717) is 13.2 Å². The number of aromatic nitrogens is 1. The fourth-order valence-corrected chi connectivity index (χ4v) is 2.20. The average Bonchev–Trinajstić information content (AvgIpc) is 2.55. The second-order valence-corrected chi connectivity index (χ2v) is 4.43. The predicted molar refractivity (Wildman–Crippen MR) is 44.5 cm³/mol. The summed E-state index contributed by atoms with van der Waals surface area (Å²) in [5, 5.41) is 0. The third-order valence-corrected chi connectivity index (χ3v) is 2.85. The maximum atomic E-state index is 5.28. The number of rotatable bonds is 1. The number of halogens is 1. The Kier molecular flexibility index (Phi) is 2.22. The largest absolute Gasteiger partial charge is 0.345 e. The number of hydrogen-bond acceptors (Lipinski definition) is 4. The van der Waals surface area contributed by atoms with Crippen LogP contribution < -0.4 is 0 Å². The standard InChI is InChI=1S/C6H6BrNO2S/c7-6-8-3-4(11-6)5-9-1-2-10-5/h3,5H,1-2H2. The minimum Gasteiger partial charge on any atom is -0.345 e. The molecule has 0 aromatic carbocycles. The van der Waals surface area contributed by atoms with Crippen LogP contribution >= 0.6 is 27.3 Å². The van der Waals surface area contributed by atoms with E-state index < -0.39 is 0 Å². The zero-order valence-corrected chi connectivity index (χ0v) is 8.02. The van der Waals surface area contributed by atoms with Crippen molar-refractivity contribution in [2.24, 2.45) is 0 Å². The van der Waals surface area contributed by atoms with E-state index in [1.807, 2.05) is 0 Å². The molecule has 11 heavy (non-hydrogen) atoms. The van der Waals surface area contributed by atoms with E-state index in [4.69, 9.17) is 9.47 Å². The summed E-state index contributed by atoms with van der Waals surface area (Å²) < 4.78 is 11.4. The molecule has 2 rings (SSSR count). The second kappa shape index (κ2) is 3.18. The van der Waals surface area contributed by atoms with Crippen molar-refractivity contribution in [1.29, 1.82) is 0 Å². The first-order chi connectivity index (χ1) is 5.36. The quantitative estimate of drug-likeness (QED) is 0.746. The van der Waals surface area contributed by atoms with Crippen LogP contribution in [0.1, 0.15) is 11.2 Å². The molecular formula is C6H6BrNO2S. The van der Waals surface area contributed by atoms with E-state index in [1.54, 1.807) is 17.5 Å². The molecule has 1 aliphatic rings. The van der Waals surface area contributed by atoms with Crippen molar-refractivity contribution in [1.82, 2.24) is 4.98 Å². The van der Waals surface area contributed by atoms with E-state index in [9.17, 15) is 0 Å². The Hall–Kier alpha value is 0.0300. The van der Waals surface area contributed by atoms with Gasteiger partial charge >= 0.3 is 0 Å². The van der Waals surface area contributed by atoms with Gasteiger partial charge in [0.2, 0.25) is 0 Å². The number of hydrogen-bond donors (Lipinski definition) is 0. The van der Waals surface area contributed by atoms with E-state index in [2.05, 4.69) is 20.9 Å². The molecule has 1 saturated heterocycles. The van der Waals surface area contributed by atoms with Crippen LogP contribution in [-0.2, 0) is 9.47 Å². The van der Waals surface area contributed by atoms with E-state index >= 15 is 0 Å². The van der Waals surface area contributed by atoms with Gasteiger partial charge in [-0.3, -0.25) is 0 Å². The summed E-state index contributed by atoms with van der Waals surface area (Å²) in [7, 11) is 0. The maximum Gasteiger partial charge on any atom is 0.194 e. The van der Waals surface area contributed by atoms with Gasteiger partial charge in [-0.25, -0.2) is 4.98 Å². The summed E-state index contributed by atoms with van der Waals surface area (Å²) in [5.74, 6) is 0. The molecule has 0 atom stereocenters. The zero-order valence-electron chi connectivity index (χ0n) is 5.62. The van der Waals surface area contributed by atoms with Gasteiger partial charge in [0.25, 0.3) is 0 Å². The first-order valence-corrected chi connectivity index (χ1v) is 4.81. The Morgan fingerprint density at radius 3 is 2.82 bits per heavy atom. The summed E-state index contributed by atoms with van der Waals surface area (Å²) in [5.41, 5.74) is 0. The van der Waals surface area contributed by atoms with Crippen LogP contribution in [0, 0.1) is 0 Å². The summed E-state index contributed by atoms with van der Waals surface area (Å²) >= 11 is 4.82. The molecule has 2 heterocycles. The number of ether oxygens (including phenoxy) is 2. The molecule has 0 spiro atoms. The van der Waals surface area contributed by atoms with Crippen molar-refractivity contribution in [3.63, 3.8) is 0 Å². The molecule has 0 aliphatic carbocycles. The molecule has 3 nitrogen and oxygen atoms in total. The molecule has 60 valence electrons. The van der Waals surface area contributed by atoms with Gasteiger partial charge in [0.1, 0.15) is 0 Å². The van der Waals surface area contributed by atoms with Gasteiger partial charge in [0.05, 0.1) is 18.1 Å². The maximum absolute atomic E-state index is 5.28. The molecule has 5 heteroatoms. The minimum absolute atomic E-state index is 0.182. The molecule has 1 aliphatic heterocycles. The normalized spacial score (nSPS) is 19.4. The first-order valence-electron chi connectivity index (χ1n) is 3.21. The van der Waals surface area contributed by atoms with E-state index in [1.165, 1.54) is 0 Å². The van der Waals surface area contributed by atoms with Gasteiger partial charge < -0.3 is 9.47 Å². The molecule has 0 N–H and O–H groups in total. The monoisotopic (exact) mass is 235 g/mol. The van der Waals surface area contributed by atoms with Crippen molar-refractivity contribution in [2.75, 3.05) is 13.2 Å². The smallest absolute Gasteiger partial charge is 0.194 e. The van der Waals surface area contributed by atoms with Crippen LogP contribution in [0.3, 0.4) is 0 Å². The van der Waals surface area contributed by atoms with Gasteiger partial charge in [-0.1, -0.05) is 0 Å². The van der Waals surface area contributed by atoms with Crippen molar-refractivity contribution in [3.05, 3.63) is 15.0 Å². The highest BCUT2D eigenvalue weighted by Gasteiger charge is 2.20. The summed E-state index contributed by atoms with van der Waals surface area (Å²) in [6.07, 6.45) is 1.59. The van der Waals surface area contributed by atoms with E-state index in [0.717, 1.165) is 8.79 Å². The Labute approximate surface area is 76.5 Å². The van der Waals surface area contributed by atoms with Crippen LogP contribution in [0.15, 0.2) is 10.1 Å². The molecule has 1 aromatic rings. The van der Waals surface area contributed by atoms with Crippen LogP contribution in [0.2, 0.25) is 0 Å². The molecule has 0 bridgehead atoms. The van der Waals surface area contributed by atoms with E-state index in [-0.39, 0.29) is 6.29 Å². The summed E-state index contributed by atoms with van der Waals surface area (Å²) in [6.45, 7) is 1.36. The molecule has 1 fully saturated rings. The Balaban J connectivity index is 2.15. The Morgan fingerprint density at radius 1 is 1.55 bits per heavy atom.